The molecule has 2 nitrogen and oxygen atoms in total. The normalized spacial score (nSPS) is 28.8. The highest BCUT2D eigenvalue weighted by molar-refractivity contribution is 4.88. The lowest BCUT2D eigenvalue weighted by molar-refractivity contribution is 0.0534. The van der Waals surface area contributed by atoms with E-state index in [4.69, 9.17) is 0 Å². The average Bonchev–Trinajstić information content (AvgIpc) is 2.14. The van der Waals surface area contributed by atoms with Crippen molar-refractivity contribution in [3.63, 3.8) is 0 Å². The van der Waals surface area contributed by atoms with Crippen molar-refractivity contribution in [2.75, 3.05) is 19.6 Å². The summed E-state index contributed by atoms with van der Waals surface area (Å²) in [6, 6.07) is 0.653. The van der Waals surface area contributed by atoms with Crippen LogP contribution in [0.5, 0.6) is 0 Å². The average molecular weight is 254 g/mol. The van der Waals surface area contributed by atoms with Crippen molar-refractivity contribution in [1.82, 2.24) is 10.2 Å². The van der Waals surface area contributed by atoms with E-state index >= 15 is 0 Å². The van der Waals surface area contributed by atoms with Crippen LogP contribution in [0.15, 0.2) is 0 Å². The summed E-state index contributed by atoms with van der Waals surface area (Å²) in [4.78, 5) is 2.72. The Morgan fingerprint density at radius 1 is 1.11 bits per heavy atom. The second kappa shape index (κ2) is 5.92. The first-order valence-corrected chi connectivity index (χ1v) is 7.58. The SMILES string of the molecule is CC1CNC(C)CCN(C(C)(C)CC(C)(C)C)C1. The lowest BCUT2D eigenvalue weighted by Gasteiger charge is -2.45. The van der Waals surface area contributed by atoms with Crippen molar-refractivity contribution in [3.8, 4) is 0 Å². The Morgan fingerprint density at radius 3 is 2.28 bits per heavy atom. The van der Waals surface area contributed by atoms with Gasteiger partial charge in [0.25, 0.3) is 0 Å². The van der Waals surface area contributed by atoms with Crippen molar-refractivity contribution < 1.29 is 0 Å². The van der Waals surface area contributed by atoms with Gasteiger partial charge in [-0.2, -0.15) is 0 Å². The van der Waals surface area contributed by atoms with Gasteiger partial charge < -0.3 is 5.32 Å². The molecular formula is C16H34N2. The highest BCUT2D eigenvalue weighted by Gasteiger charge is 2.32. The summed E-state index contributed by atoms with van der Waals surface area (Å²) in [5, 5.41) is 3.63. The summed E-state index contributed by atoms with van der Waals surface area (Å²) in [5.74, 6) is 0.743. The molecule has 0 aliphatic carbocycles. The number of nitrogens with zero attached hydrogens (tertiary/aromatic N) is 1. The largest absolute Gasteiger partial charge is 0.314 e. The van der Waals surface area contributed by atoms with E-state index in [0.29, 0.717) is 17.0 Å². The monoisotopic (exact) mass is 254 g/mol. The molecule has 1 heterocycles. The van der Waals surface area contributed by atoms with Gasteiger partial charge in [-0.25, -0.2) is 0 Å². The van der Waals surface area contributed by atoms with Gasteiger partial charge in [-0.05, 0) is 51.5 Å². The summed E-state index contributed by atoms with van der Waals surface area (Å²) < 4.78 is 0. The van der Waals surface area contributed by atoms with E-state index in [1.165, 1.54) is 25.9 Å². The van der Waals surface area contributed by atoms with Crippen molar-refractivity contribution in [1.29, 1.82) is 0 Å². The van der Waals surface area contributed by atoms with Crippen LogP contribution in [0.1, 0.15) is 61.3 Å². The Morgan fingerprint density at radius 2 is 1.72 bits per heavy atom. The molecule has 0 aromatic carbocycles. The molecule has 0 bridgehead atoms. The Bertz CT molecular complexity index is 252. The minimum Gasteiger partial charge on any atom is -0.314 e. The van der Waals surface area contributed by atoms with Crippen LogP contribution < -0.4 is 5.32 Å². The third-order valence-electron chi connectivity index (χ3n) is 4.00. The number of hydrogen-bond donors (Lipinski definition) is 1. The second-order valence-electron chi connectivity index (χ2n) is 8.20. The van der Waals surface area contributed by atoms with Crippen LogP contribution in [0.4, 0.5) is 0 Å². The van der Waals surface area contributed by atoms with Crippen LogP contribution in [-0.4, -0.2) is 36.1 Å². The van der Waals surface area contributed by atoms with Gasteiger partial charge in [0.1, 0.15) is 0 Å². The van der Waals surface area contributed by atoms with Gasteiger partial charge in [-0.15, -0.1) is 0 Å². The van der Waals surface area contributed by atoms with Crippen molar-refractivity contribution >= 4 is 0 Å². The quantitative estimate of drug-likeness (QED) is 0.811. The molecule has 108 valence electrons. The van der Waals surface area contributed by atoms with E-state index in [2.05, 4.69) is 58.7 Å². The van der Waals surface area contributed by atoms with E-state index in [0.717, 1.165) is 12.5 Å². The molecule has 0 spiro atoms. The molecule has 2 atom stereocenters. The maximum absolute atomic E-state index is 3.63. The maximum Gasteiger partial charge on any atom is 0.0158 e. The topological polar surface area (TPSA) is 15.3 Å². The van der Waals surface area contributed by atoms with Crippen LogP contribution in [0.25, 0.3) is 0 Å². The van der Waals surface area contributed by atoms with Gasteiger partial charge >= 0.3 is 0 Å². The fourth-order valence-corrected chi connectivity index (χ4v) is 3.35. The molecule has 2 unspecified atom stereocenters. The predicted octanol–water partition coefficient (Wildman–Crippen LogP) is 3.52. The molecule has 0 aromatic heterocycles. The third-order valence-corrected chi connectivity index (χ3v) is 4.00. The summed E-state index contributed by atoms with van der Waals surface area (Å²) in [6.07, 6.45) is 2.52. The Balaban J connectivity index is 2.71. The van der Waals surface area contributed by atoms with Gasteiger partial charge in [0.05, 0.1) is 0 Å². The van der Waals surface area contributed by atoms with E-state index in [-0.39, 0.29) is 0 Å². The first-order chi connectivity index (χ1) is 8.10. The van der Waals surface area contributed by atoms with Crippen molar-refractivity contribution in [3.05, 3.63) is 0 Å². The van der Waals surface area contributed by atoms with E-state index in [1.807, 2.05) is 0 Å². The van der Waals surface area contributed by atoms with Gasteiger partial charge in [0.2, 0.25) is 0 Å². The maximum atomic E-state index is 3.63. The first-order valence-electron chi connectivity index (χ1n) is 7.58. The molecule has 2 heteroatoms. The fraction of sp³-hybridized carbons (Fsp3) is 1.00. The molecule has 1 aliphatic rings. The zero-order valence-corrected chi connectivity index (χ0v) is 13.6. The van der Waals surface area contributed by atoms with Gasteiger partial charge in [0, 0.05) is 24.7 Å². The Kier molecular flexibility index (Phi) is 5.25. The lowest BCUT2D eigenvalue weighted by atomic mass is 9.80. The summed E-state index contributed by atoms with van der Waals surface area (Å²) in [7, 11) is 0. The highest BCUT2D eigenvalue weighted by atomic mass is 15.2. The summed E-state index contributed by atoms with van der Waals surface area (Å²) in [6.45, 7) is 20.2. The zero-order chi connectivity index (χ0) is 14.0. The molecule has 1 N–H and O–H groups in total. The van der Waals surface area contributed by atoms with Crippen molar-refractivity contribution in [2.45, 2.75) is 72.9 Å². The smallest absolute Gasteiger partial charge is 0.0158 e. The van der Waals surface area contributed by atoms with E-state index < -0.39 is 0 Å². The molecule has 18 heavy (non-hydrogen) atoms. The number of nitrogens with one attached hydrogen (secondary N) is 1. The number of rotatable bonds is 2. The minimum atomic E-state index is 0.309. The van der Waals surface area contributed by atoms with Crippen LogP contribution in [0, 0.1) is 11.3 Å². The molecule has 1 aliphatic heterocycles. The third kappa shape index (κ3) is 5.27. The molecule has 1 rings (SSSR count). The van der Waals surface area contributed by atoms with E-state index in [1.54, 1.807) is 0 Å². The molecule has 0 radical (unpaired) electrons. The van der Waals surface area contributed by atoms with Crippen molar-refractivity contribution in [2.24, 2.45) is 11.3 Å². The van der Waals surface area contributed by atoms with Gasteiger partial charge in [-0.1, -0.05) is 27.7 Å². The molecule has 1 saturated heterocycles. The lowest BCUT2D eigenvalue weighted by Crippen LogP contribution is -2.52. The van der Waals surface area contributed by atoms with Crippen LogP contribution >= 0.6 is 0 Å². The van der Waals surface area contributed by atoms with Gasteiger partial charge in [-0.3, -0.25) is 4.90 Å². The summed E-state index contributed by atoms with van der Waals surface area (Å²) >= 11 is 0. The standard InChI is InChI=1S/C16H34N2/c1-13-10-17-14(2)8-9-18(11-13)16(6,7)12-15(3,4)5/h13-14,17H,8-12H2,1-7H3. The van der Waals surface area contributed by atoms with Crippen LogP contribution in [0.2, 0.25) is 0 Å². The predicted molar refractivity (Wildman–Crippen MR) is 81.0 cm³/mol. The summed E-state index contributed by atoms with van der Waals surface area (Å²) in [5.41, 5.74) is 0.711. The zero-order valence-electron chi connectivity index (χ0n) is 13.6. The Labute approximate surface area is 115 Å². The molecule has 0 aromatic rings. The fourth-order valence-electron chi connectivity index (χ4n) is 3.35. The Hall–Kier alpha value is -0.0800. The molecular weight excluding hydrogens is 220 g/mol. The molecule has 0 saturated carbocycles. The van der Waals surface area contributed by atoms with Crippen LogP contribution in [0.3, 0.4) is 0 Å². The van der Waals surface area contributed by atoms with E-state index in [9.17, 15) is 0 Å². The second-order valence-corrected chi connectivity index (χ2v) is 8.20. The van der Waals surface area contributed by atoms with Gasteiger partial charge in [0.15, 0.2) is 0 Å². The van der Waals surface area contributed by atoms with Crippen LogP contribution in [-0.2, 0) is 0 Å². The molecule has 0 amide bonds. The molecule has 1 fully saturated rings. The number of hydrogen-bond acceptors (Lipinski definition) is 2. The highest BCUT2D eigenvalue weighted by Crippen LogP contribution is 2.32. The minimum absolute atomic E-state index is 0.309. The first kappa shape index (κ1) is 16.0.